The minimum Gasteiger partial charge on any atom is -0.497 e. The van der Waals surface area contributed by atoms with E-state index in [4.69, 9.17) is 16.3 Å². The van der Waals surface area contributed by atoms with Crippen molar-refractivity contribution in [1.82, 2.24) is 14.6 Å². The van der Waals surface area contributed by atoms with Crippen molar-refractivity contribution in [2.45, 2.75) is 30.3 Å². The summed E-state index contributed by atoms with van der Waals surface area (Å²) in [6.45, 7) is 0.0869. The second-order valence-electron chi connectivity index (χ2n) is 9.77. The fourth-order valence-electron chi connectivity index (χ4n) is 4.79. The van der Waals surface area contributed by atoms with Crippen molar-refractivity contribution >= 4 is 39.2 Å². The Morgan fingerprint density at radius 1 is 1.02 bits per heavy atom. The fourth-order valence-corrected chi connectivity index (χ4v) is 5.96. The van der Waals surface area contributed by atoms with E-state index < -0.39 is 22.0 Å². The van der Waals surface area contributed by atoms with Gasteiger partial charge in [0.05, 0.1) is 18.0 Å². The third-order valence-electron chi connectivity index (χ3n) is 6.99. The Labute approximate surface area is 248 Å². The van der Waals surface area contributed by atoms with Crippen LogP contribution in [0.1, 0.15) is 37.4 Å². The molecule has 0 aliphatic carbocycles. The number of amides is 2. The highest BCUT2D eigenvalue weighted by molar-refractivity contribution is 7.90. The Morgan fingerprint density at radius 3 is 2.43 bits per heavy atom. The maximum absolute atomic E-state index is 13.8. The number of nitrogens with one attached hydrogen (secondary N) is 1. The van der Waals surface area contributed by atoms with Gasteiger partial charge in [-0.1, -0.05) is 29.8 Å². The lowest BCUT2D eigenvalue weighted by atomic mass is 9.98. The number of sulfonamides is 1. The summed E-state index contributed by atoms with van der Waals surface area (Å²) in [6.07, 6.45) is 3.64. The highest BCUT2D eigenvalue weighted by Crippen LogP contribution is 2.27. The summed E-state index contributed by atoms with van der Waals surface area (Å²) in [7, 11) is -2.65. The summed E-state index contributed by atoms with van der Waals surface area (Å²) in [4.78, 5) is 45.6. The van der Waals surface area contributed by atoms with E-state index in [0.717, 1.165) is 5.56 Å². The van der Waals surface area contributed by atoms with Crippen LogP contribution in [0, 0.1) is 0 Å². The van der Waals surface area contributed by atoms with Gasteiger partial charge in [0.25, 0.3) is 21.8 Å². The molecule has 0 saturated carbocycles. The number of hydrogen-bond donors (Lipinski definition) is 1. The molecule has 42 heavy (non-hydrogen) atoms. The first kappa shape index (κ1) is 29.0. The number of pyridine rings is 1. The summed E-state index contributed by atoms with van der Waals surface area (Å²) in [5, 5.41) is 0.439. The Balaban J connectivity index is 1.38. The molecule has 2 amide bonds. The highest BCUT2D eigenvalue weighted by Gasteiger charge is 2.35. The quantitative estimate of drug-likeness (QED) is 0.320. The molecule has 214 valence electrons. The van der Waals surface area contributed by atoms with Crippen molar-refractivity contribution in [2.24, 2.45) is 0 Å². The number of rotatable bonds is 8. The van der Waals surface area contributed by atoms with Crippen molar-refractivity contribution in [3.8, 4) is 5.75 Å². The van der Waals surface area contributed by atoms with Gasteiger partial charge in [0, 0.05) is 47.9 Å². The maximum atomic E-state index is 13.8. The topological polar surface area (TPSA) is 123 Å². The summed E-state index contributed by atoms with van der Waals surface area (Å²) < 4.78 is 32.5. The molecule has 11 heteroatoms. The first-order chi connectivity index (χ1) is 20.1. The van der Waals surface area contributed by atoms with Crippen LogP contribution in [0.4, 0.5) is 0 Å². The van der Waals surface area contributed by atoms with Gasteiger partial charge in [0.2, 0.25) is 0 Å². The van der Waals surface area contributed by atoms with E-state index in [9.17, 15) is 22.8 Å². The van der Waals surface area contributed by atoms with Crippen molar-refractivity contribution in [1.29, 1.82) is 0 Å². The lowest BCUT2D eigenvalue weighted by Gasteiger charge is -2.29. The van der Waals surface area contributed by atoms with Crippen molar-refractivity contribution in [3.05, 3.63) is 124 Å². The zero-order chi connectivity index (χ0) is 29.9. The molecule has 3 aromatic carbocycles. The number of Topliss-reactive ketones (excluding diaryl/α,β-unsaturated/α-hetero) is 1. The molecule has 0 radical (unpaired) electrons. The van der Waals surface area contributed by atoms with Gasteiger partial charge in [-0.25, -0.2) is 13.1 Å². The van der Waals surface area contributed by atoms with Crippen LogP contribution in [-0.4, -0.2) is 49.1 Å². The summed E-state index contributed by atoms with van der Waals surface area (Å²) in [5.74, 6) is -0.768. The molecule has 0 bridgehead atoms. The van der Waals surface area contributed by atoms with Crippen molar-refractivity contribution in [3.63, 3.8) is 0 Å². The number of carbonyl (C=O) groups excluding carboxylic acids is 3. The van der Waals surface area contributed by atoms with Gasteiger partial charge in [-0.15, -0.1) is 0 Å². The Hall–Kier alpha value is -4.54. The van der Waals surface area contributed by atoms with Gasteiger partial charge in [0.15, 0.2) is 5.78 Å². The zero-order valence-corrected chi connectivity index (χ0v) is 24.1. The summed E-state index contributed by atoms with van der Waals surface area (Å²) in [6, 6.07) is 19.6. The fraction of sp³-hybridized carbons (Fsp3) is 0.161. The van der Waals surface area contributed by atoms with E-state index in [1.807, 2.05) is 6.07 Å². The van der Waals surface area contributed by atoms with Gasteiger partial charge in [-0.2, -0.15) is 0 Å². The van der Waals surface area contributed by atoms with Crippen LogP contribution in [0.15, 0.2) is 96.2 Å². The van der Waals surface area contributed by atoms with E-state index >= 15 is 0 Å². The molecular formula is C31H26ClN3O6S. The molecule has 5 rings (SSSR count). The van der Waals surface area contributed by atoms with Gasteiger partial charge in [-0.3, -0.25) is 19.4 Å². The van der Waals surface area contributed by atoms with Gasteiger partial charge < -0.3 is 9.64 Å². The molecule has 4 aromatic rings. The average molecular weight is 604 g/mol. The van der Waals surface area contributed by atoms with E-state index in [1.165, 1.54) is 48.4 Å². The molecule has 1 aromatic heterocycles. The molecule has 1 aliphatic heterocycles. The third-order valence-corrected chi connectivity index (χ3v) is 8.57. The highest BCUT2D eigenvalue weighted by atomic mass is 35.5. The van der Waals surface area contributed by atoms with Gasteiger partial charge >= 0.3 is 0 Å². The number of hydrogen-bond acceptors (Lipinski definition) is 7. The number of benzene rings is 3. The molecule has 0 fully saturated rings. The van der Waals surface area contributed by atoms with Crippen LogP contribution in [0.3, 0.4) is 0 Å². The molecule has 9 nitrogen and oxygen atoms in total. The van der Waals surface area contributed by atoms with E-state index in [1.54, 1.807) is 48.8 Å². The number of nitrogens with zero attached hydrogens (tertiary/aromatic N) is 2. The van der Waals surface area contributed by atoms with Crippen LogP contribution < -0.4 is 9.46 Å². The first-order valence-electron chi connectivity index (χ1n) is 13.0. The molecule has 0 spiro atoms. The third kappa shape index (κ3) is 6.35. The van der Waals surface area contributed by atoms with Crippen molar-refractivity contribution in [2.75, 3.05) is 7.11 Å². The van der Waals surface area contributed by atoms with E-state index in [-0.39, 0.29) is 41.5 Å². The SMILES string of the molecule is COc1ccc(S(=O)(=O)NC(=O)c2ccc(CN3C(=O)c4ccc(Cl)cc4CC(=O)[C@H]3Cc3cccnc3)cc2)cc1. The lowest BCUT2D eigenvalue weighted by Crippen LogP contribution is -2.44. The molecular weight excluding hydrogens is 578 g/mol. The Morgan fingerprint density at radius 2 is 1.76 bits per heavy atom. The predicted molar refractivity (Wildman–Crippen MR) is 156 cm³/mol. The number of carbonyl (C=O) groups is 3. The summed E-state index contributed by atoms with van der Waals surface area (Å²) >= 11 is 6.17. The average Bonchev–Trinajstić information content (AvgIpc) is 3.07. The normalized spacial score (nSPS) is 15.1. The minimum atomic E-state index is -4.11. The van der Waals surface area contributed by atoms with Gasteiger partial charge in [-0.05, 0) is 77.4 Å². The largest absolute Gasteiger partial charge is 0.497 e. The van der Waals surface area contributed by atoms with Crippen LogP contribution in [0.25, 0.3) is 0 Å². The standard InChI is InChI=1S/C31H26ClN3O6S/c1-41-25-9-11-26(12-10-25)42(39,40)34-30(37)22-6-4-20(5-7-22)19-35-28(15-21-3-2-14-33-18-21)29(36)17-23-16-24(32)8-13-27(23)31(35)38/h2-14,16,18,28H,15,17,19H2,1H3,(H,34,37)/t28-/m1/s1. The predicted octanol–water partition coefficient (Wildman–Crippen LogP) is 4.24. The number of halogens is 1. The monoisotopic (exact) mass is 603 g/mol. The number of fused-ring (bicyclic) bond motifs is 1. The van der Waals surface area contributed by atoms with Crippen molar-refractivity contribution < 1.29 is 27.5 Å². The summed E-state index contributed by atoms with van der Waals surface area (Å²) in [5.41, 5.74) is 2.55. The van der Waals surface area contributed by atoms with E-state index in [0.29, 0.717) is 27.5 Å². The smallest absolute Gasteiger partial charge is 0.264 e. The Bertz CT molecular complexity index is 1740. The zero-order valence-electron chi connectivity index (χ0n) is 22.5. The Kier molecular flexibility index (Phi) is 8.37. The van der Waals surface area contributed by atoms with Crippen LogP contribution in [-0.2, 0) is 34.2 Å². The minimum absolute atomic E-state index is 0.0604. The van der Waals surface area contributed by atoms with E-state index in [2.05, 4.69) is 9.71 Å². The molecule has 1 aliphatic rings. The second-order valence-corrected chi connectivity index (χ2v) is 11.9. The first-order valence-corrected chi connectivity index (χ1v) is 14.8. The number of aromatic nitrogens is 1. The molecule has 2 heterocycles. The molecule has 0 saturated heterocycles. The second kappa shape index (κ2) is 12.1. The lowest BCUT2D eigenvalue weighted by molar-refractivity contribution is -0.122. The molecule has 1 N–H and O–H groups in total. The number of ketones is 1. The van der Waals surface area contributed by atoms with Crippen LogP contribution in [0.5, 0.6) is 5.75 Å². The van der Waals surface area contributed by atoms with Crippen LogP contribution >= 0.6 is 11.6 Å². The molecule has 0 unspecified atom stereocenters. The number of methoxy groups -OCH3 is 1. The van der Waals surface area contributed by atoms with Crippen LogP contribution in [0.2, 0.25) is 5.02 Å². The molecule has 1 atom stereocenters. The van der Waals surface area contributed by atoms with Gasteiger partial charge in [0.1, 0.15) is 5.75 Å². The number of ether oxygens (including phenoxy) is 1. The maximum Gasteiger partial charge on any atom is 0.264 e.